The zero-order chi connectivity index (χ0) is 20.8. The molecule has 0 aliphatic carbocycles. The quantitative estimate of drug-likeness (QED) is 0.759. The summed E-state index contributed by atoms with van der Waals surface area (Å²) in [6.45, 7) is 3.58. The molecular weight excluding hydrogens is 378 g/mol. The summed E-state index contributed by atoms with van der Waals surface area (Å²) >= 11 is 0. The van der Waals surface area contributed by atoms with Crippen LogP contribution in [0.4, 0.5) is 0 Å². The molecule has 1 unspecified atom stereocenters. The first-order valence-electron chi connectivity index (χ1n) is 10.9. The molecule has 30 heavy (non-hydrogen) atoms. The van der Waals surface area contributed by atoms with Gasteiger partial charge in [-0.2, -0.15) is 0 Å². The van der Waals surface area contributed by atoms with E-state index >= 15 is 0 Å². The summed E-state index contributed by atoms with van der Waals surface area (Å²) in [4.78, 5) is 33.5. The third kappa shape index (κ3) is 4.81. The van der Waals surface area contributed by atoms with Crippen LogP contribution < -0.4 is 4.74 Å². The highest BCUT2D eigenvalue weighted by Gasteiger charge is 2.26. The normalized spacial score (nSPS) is 19.4. The Kier molecular flexibility index (Phi) is 6.62. The number of benzene rings is 1. The summed E-state index contributed by atoms with van der Waals surface area (Å²) in [6.07, 6.45) is 8.60. The van der Waals surface area contributed by atoms with E-state index in [1.807, 2.05) is 34.1 Å². The molecule has 2 amide bonds. The Morgan fingerprint density at radius 2 is 1.63 bits per heavy atom. The van der Waals surface area contributed by atoms with Crippen molar-refractivity contribution in [3.05, 3.63) is 59.9 Å². The van der Waals surface area contributed by atoms with Crippen molar-refractivity contribution < 1.29 is 14.3 Å². The van der Waals surface area contributed by atoms with E-state index < -0.39 is 0 Å². The number of para-hydroxylation sites is 1. The van der Waals surface area contributed by atoms with Crippen LogP contribution in [0.5, 0.6) is 5.75 Å². The highest BCUT2D eigenvalue weighted by atomic mass is 16.5. The number of ether oxygens (including phenoxy) is 1. The fraction of sp³-hybridized carbons (Fsp3) is 0.458. The Hall–Kier alpha value is -2.89. The topological polar surface area (TPSA) is 62.7 Å². The van der Waals surface area contributed by atoms with Crippen molar-refractivity contribution in [3.63, 3.8) is 0 Å². The smallest absolute Gasteiger partial charge is 0.257 e. The van der Waals surface area contributed by atoms with Crippen molar-refractivity contribution in [3.8, 4) is 5.75 Å². The summed E-state index contributed by atoms with van der Waals surface area (Å²) in [5.74, 6) is 1.000. The van der Waals surface area contributed by atoms with Gasteiger partial charge in [0.1, 0.15) is 5.75 Å². The minimum absolute atomic E-state index is 0.0442. The van der Waals surface area contributed by atoms with Gasteiger partial charge in [-0.15, -0.1) is 0 Å². The maximum Gasteiger partial charge on any atom is 0.257 e. The lowest BCUT2D eigenvalue weighted by Crippen LogP contribution is -2.41. The lowest BCUT2D eigenvalue weighted by Gasteiger charge is -2.33. The molecular formula is C24H29N3O3. The second-order valence-corrected chi connectivity index (χ2v) is 8.16. The summed E-state index contributed by atoms with van der Waals surface area (Å²) < 4.78 is 6.13. The zero-order valence-electron chi connectivity index (χ0n) is 17.3. The van der Waals surface area contributed by atoms with E-state index in [0.717, 1.165) is 45.3 Å². The molecule has 2 aliphatic heterocycles. The minimum Gasteiger partial charge on any atom is -0.492 e. The molecule has 0 N–H and O–H groups in total. The van der Waals surface area contributed by atoms with Crippen LogP contribution >= 0.6 is 0 Å². The van der Waals surface area contributed by atoms with Gasteiger partial charge in [-0.3, -0.25) is 14.6 Å². The molecule has 2 aliphatic rings. The molecule has 6 heteroatoms. The third-order valence-corrected chi connectivity index (χ3v) is 5.97. The highest BCUT2D eigenvalue weighted by molar-refractivity contribution is 5.97. The van der Waals surface area contributed by atoms with Crippen molar-refractivity contribution in [1.29, 1.82) is 0 Å². The van der Waals surface area contributed by atoms with Gasteiger partial charge in [0.05, 0.1) is 12.2 Å². The summed E-state index contributed by atoms with van der Waals surface area (Å²) in [5, 5.41) is 0. The van der Waals surface area contributed by atoms with Gasteiger partial charge in [-0.05, 0) is 56.4 Å². The third-order valence-electron chi connectivity index (χ3n) is 5.97. The largest absolute Gasteiger partial charge is 0.492 e. The Balaban J connectivity index is 1.37. The van der Waals surface area contributed by atoms with Crippen LogP contribution in [0.1, 0.15) is 52.8 Å². The average molecular weight is 408 g/mol. The number of amides is 2. The minimum atomic E-state index is 0.0442. The second-order valence-electron chi connectivity index (χ2n) is 8.16. The van der Waals surface area contributed by atoms with E-state index in [0.29, 0.717) is 30.0 Å². The van der Waals surface area contributed by atoms with Gasteiger partial charge in [0, 0.05) is 50.1 Å². The van der Waals surface area contributed by atoms with Crippen molar-refractivity contribution in [2.45, 2.75) is 32.1 Å². The SMILES string of the molecule is O=C(c1ccncc1)N1CCCC(COc2ccccc2C(=O)N2CCCCC2)C1. The number of hydrogen-bond acceptors (Lipinski definition) is 4. The van der Waals surface area contributed by atoms with Crippen molar-refractivity contribution in [2.75, 3.05) is 32.8 Å². The number of hydrogen-bond donors (Lipinski definition) is 0. The number of carbonyl (C=O) groups excluding carboxylic acids is 2. The van der Waals surface area contributed by atoms with Crippen LogP contribution in [0.15, 0.2) is 48.8 Å². The number of pyridine rings is 1. The van der Waals surface area contributed by atoms with E-state index in [-0.39, 0.29) is 17.7 Å². The standard InChI is InChI=1S/C24H29N3O3/c28-23(20-10-12-25-13-11-20)27-16-6-7-19(17-27)18-30-22-9-3-2-8-21(22)24(29)26-14-4-1-5-15-26/h2-3,8-13,19H,1,4-7,14-18H2. The molecule has 1 aromatic heterocycles. The zero-order valence-corrected chi connectivity index (χ0v) is 17.3. The predicted molar refractivity (Wildman–Crippen MR) is 115 cm³/mol. The second kappa shape index (κ2) is 9.74. The van der Waals surface area contributed by atoms with Gasteiger partial charge in [-0.1, -0.05) is 12.1 Å². The molecule has 0 bridgehead atoms. The molecule has 2 aromatic rings. The van der Waals surface area contributed by atoms with Gasteiger partial charge < -0.3 is 14.5 Å². The number of aromatic nitrogens is 1. The fourth-order valence-corrected chi connectivity index (χ4v) is 4.31. The van der Waals surface area contributed by atoms with Crippen LogP contribution in [0.3, 0.4) is 0 Å². The Morgan fingerprint density at radius 1 is 0.900 bits per heavy atom. The van der Waals surface area contributed by atoms with Gasteiger partial charge in [-0.25, -0.2) is 0 Å². The molecule has 158 valence electrons. The van der Waals surface area contributed by atoms with Crippen LogP contribution in [-0.4, -0.2) is 59.4 Å². The maximum atomic E-state index is 13.0. The summed E-state index contributed by atoms with van der Waals surface area (Å²) in [5.41, 5.74) is 1.31. The monoisotopic (exact) mass is 407 g/mol. The van der Waals surface area contributed by atoms with Gasteiger partial charge in [0.2, 0.25) is 0 Å². The molecule has 4 rings (SSSR count). The van der Waals surface area contributed by atoms with E-state index in [1.165, 1.54) is 6.42 Å². The first-order valence-corrected chi connectivity index (χ1v) is 10.9. The van der Waals surface area contributed by atoms with Gasteiger partial charge in [0.15, 0.2) is 0 Å². The molecule has 0 spiro atoms. The van der Waals surface area contributed by atoms with Gasteiger partial charge in [0.25, 0.3) is 11.8 Å². The lowest BCUT2D eigenvalue weighted by molar-refractivity contribution is 0.0631. The van der Waals surface area contributed by atoms with E-state index in [9.17, 15) is 9.59 Å². The molecule has 1 atom stereocenters. The first-order chi connectivity index (χ1) is 14.7. The van der Waals surface area contributed by atoms with Crippen LogP contribution in [-0.2, 0) is 0 Å². The Morgan fingerprint density at radius 3 is 2.43 bits per heavy atom. The number of likely N-dealkylation sites (tertiary alicyclic amines) is 2. The number of rotatable bonds is 5. The molecule has 2 fully saturated rings. The summed E-state index contributed by atoms with van der Waals surface area (Å²) in [7, 11) is 0. The van der Waals surface area contributed by atoms with Crippen molar-refractivity contribution in [2.24, 2.45) is 5.92 Å². The predicted octanol–water partition coefficient (Wildman–Crippen LogP) is 3.64. The molecule has 0 radical (unpaired) electrons. The lowest BCUT2D eigenvalue weighted by atomic mass is 9.98. The van der Waals surface area contributed by atoms with Crippen LogP contribution in [0, 0.1) is 5.92 Å². The fourth-order valence-electron chi connectivity index (χ4n) is 4.31. The van der Waals surface area contributed by atoms with Crippen LogP contribution in [0.25, 0.3) is 0 Å². The highest BCUT2D eigenvalue weighted by Crippen LogP contribution is 2.25. The van der Waals surface area contributed by atoms with Crippen molar-refractivity contribution >= 4 is 11.8 Å². The molecule has 0 saturated carbocycles. The maximum absolute atomic E-state index is 13.0. The van der Waals surface area contributed by atoms with Gasteiger partial charge >= 0.3 is 0 Å². The Bertz CT molecular complexity index is 865. The van der Waals surface area contributed by atoms with Crippen molar-refractivity contribution in [1.82, 2.24) is 14.8 Å². The Labute approximate surface area is 177 Å². The first kappa shape index (κ1) is 20.4. The average Bonchev–Trinajstić information content (AvgIpc) is 2.83. The van der Waals surface area contributed by atoms with E-state index in [4.69, 9.17) is 4.74 Å². The van der Waals surface area contributed by atoms with E-state index in [2.05, 4.69) is 4.98 Å². The van der Waals surface area contributed by atoms with Crippen LogP contribution in [0.2, 0.25) is 0 Å². The number of carbonyl (C=O) groups is 2. The molecule has 1 aromatic carbocycles. The molecule has 2 saturated heterocycles. The summed E-state index contributed by atoms with van der Waals surface area (Å²) in [6, 6.07) is 11.0. The number of nitrogens with zero attached hydrogens (tertiary/aromatic N) is 3. The molecule has 6 nitrogen and oxygen atoms in total. The number of piperidine rings is 2. The molecule has 3 heterocycles. The van der Waals surface area contributed by atoms with E-state index in [1.54, 1.807) is 24.5 Å².